The number of piperidine rings is 1. The Bertz CT molecular complexity index is 1770. The number of nitrogens with one attached hydrogen (secondary N) is 1. The summed E-state index contributed by atoms with van der Waals surface area (Å²) in [6.45, 7) is 3.56. The third-order valence-corrected chi connectivity index (χ3v) is 7.95. The molecule has 1 aromatic heterocycles. The Balaban J connectivity index is 1.18. The average molecular weight is 549 g/mol. The lowest BCUT2D eigenvalue weighted by Gasteiger charge is -2.32. The number of hydrogen-bond donors (Lipinski definition) is 1. The molecule has 1 fully saturated rings. The Kier molecular flexibility index (Phi) is 7.18. The second kappa shape index (κ2) is 11.1. The molecular weight excluding hydrogens is 518 g/mol. The summed E-state index contributed by atoms with van der Waals surface area (Å²) < 4.78 is 30.3. The number of amides is 1. The number of para-hydroxylation sites is 2. The van der Waals surface area contributed by atoms with Crippen LogP contribution in [0.3, 0.4) is 0 Å². The fourth-order valence-electron chi connectivity index (χ4n) is 5.80. The number of hydrogen-bond acceptors (Lipinski definition) is 3. The summed E-state index contributed by atoms with van der Waals surface area (Å²) >= 11 is 0. The Morgan fingerprint density at radius 2 is 1.66 bits per heavy atom. The van der Waals surface area contributed by atoms with Crippen LogP contribution in [0.4, 0.5) is 8.78 Å². The summed E-state index contributed by atoms with van der Waals surface area (Å²) in [5.74, 6) is 0.389. The van der Waals surface area contributed by atoms with Crippen molar-refractivity contribution in [3.63, 3.8) is 0 Å². The van der Waals surface area contributed by atoms with E-state index in [1.165, 1.54) is 12.1 Å². The Labute approximate surface area is 237 Å². The molecule has 6 rings (SSSR count). The van der Waals surface area contributed by atoms with Gasteiger partial charge in [0, 0.05) is 42.2 Å². The molecule has 7 heteroatoms. The Hall–Kier alpha value is -4.65. The van der Waals surface area contributed by atoms with E-state index in [-0.39, 0.29) is 28.9 Å². The number of likely N-dealkylation sites (tertiary alicyclic amines) is 1. The molecule has 0 atom stereocenters. The van der Waals surface area contributed by atoms with Gasteiger partial charge in [0.25, 0.3) is 5.91 Å². The molecule has 0 spiro atoms. The standard InChI is InChI=1S/C34H30F2N4O/c1-22-19-25(13-14-27(22)32(37)28-9-2-3-10-29(28)36)34(41)39-17-15-24(16-18-39)33-38-30-11-4-5-12-31(30)40(33)21-23-7-6-8-26(35)20-23/h2-14,19-20,24,37H,15-18,21H2,1H3. The van der Waals surface area contributed by atoms with Crippen LogP contribution in [0.5, 0.6) is 0 Å². The first kappa shape index (κ1) is 26.6. The van der Waals surface area contributed by atoms with Gasteiger partial charge in [0.2, 0.25) is 0 Å². The van der Waals surface area contributed by atoms with Crippen LogP contribution in [0.1, 0.15) is 57.2 Å². The van der Waals surface area contributed by atoms with Crippen molar-refractivity contribution < 1.29 is 13.6 Å². The molecule has 0 saturated carbocycles. The molecule has 0 bridgehead atoms. The van der Waals surface area contributed by atoms with Gasteiger partial charge in [-0.05, 0) is 79.4 Å². The van der Waals surface area contributed by atoms with Gasteiger partial charge in [0.05, 0.1) is 16.7 Å². The lowest BCUT2D eigenvalue weighted by atomic mass is 9.94. The molecule has 1 aliphatic heterocycles. The van der Waals surface area contributed by atoms with Crippen LogP contribution in [0, 0.1) is 24.0 Å². The van der Waals surface area contributed by atoms with Crippen molar-refractivity contribution in [2.45, 2.75) is 32.2 Å². The molecule has 1 saturated heterocycles. The van der Waals surface area contributed by atoms with E-state index < -0.39 is 5.82 Å². The number of carbonyl (C=O) groups is 1. The van der Waals surface area contributed by atoms with E-state index in [0.29, 0.717) is 30.8 Å². The van der Waals surface area contributed by atoms with Crippen molar-refractivity contribution in [2.75, 3.05) is 13.1 Å². The molecule has 5 nitrogen and oxygen atoms in total. The maximum atomic E-state index is 14.2. The fraction of sp³-hybridized carbons (Fsp3) is 0.206. The molecule has 1 aliphatic rings. The van der Waals surface area contributed by atoms with E-state index in [2.05, 4.69) is 4.57 Å². The summed E-state index contributed by atoms with van der Waals surface area (Å²) in [6.07, 6.45) is 1.54. The summed E-state index contributed by atoms with van der Waals surface area (Å²) in [5.41, 5.74) is 5.05. The second-order valence-corrected chi connectivity index (χ2v) is 10.6. The first-order valence-corrected chi connectivity index (χ1v) is 13.8. The maximum Gasteiger partial charge on any atom is 0.253 e. The molecule has 0 unspecified atom stereocenters. The quantitative estimate of drug-likeness (QED) is 0.230. The largest absolute Gasteiger partial charge is 0.339 e. The fourth-order valence-corrected chi connectivity index (χ4v) is 5.80. The van der Waals surface area contributed by atoms with Gasteiger partial charge in [-0.3, -0.25) is 10.2 Å². The van der Waals surface area contributed by atoms with Gasteiger partial charge in [-0.2, -0.15) is 0 Å². The van der Waals surface area contributed by atoms with Crippen molar-refractivity contribution in [3.05, 3.63) is 136 Å². The SMILES string of the molecule is Cc1cc(C(=O)N2CCC(c3nc4ccccc4n3Cc3cccc(F)c3)CC2)ccc1C(=N)c1ccccc1F. The predicted octanol–water partition coefficient (Wildman–Crippen LogP) is 7.11. The zero-order chi connectivity index (χ0) is 28.5. The molecule has 41 heavy (non-hydrogen) atoms. The van der Waals surface area contributed by atoms with E-state index in [0.717, 1.165) is 40.8 Å². The van der Waals surface area contributed by atoms with Crippen molar-refractivity contribution in [1.29, 1.82) is 5.41 Å². The number of halogens is 2. The zero-order valence-corrected chi connectivity index (χ0v) is 22.8. The van der Waals surface area contributed by atoms with Crippen LogP contribution >= 0.6 is 0 Å². The van der Waals surface area contributed by atoms with Gasteiger partial charge in [-0.25, -0.2) is 13.8 Å². The molecule has 1 amide bonds. The molecule has 4 aromatic carbocycles. The number of fused-ring (bicyclic) bond motifs is 1. The van der Waals surface area contributed by atoms with Gasteiger partial charge < -0.3 is 9.47 Å². The van der Waals surface area contributed by atoms with Crippen LogP contribution < -0.4 is 0 Å². The first-order valence-electron chi connectivity index (χ1n) is 13.8. The lowest BCUT2D eigenvalue weighted by Crippen LogP contribution is -2.38. The number of aromatic nitrogens is 2. The number of rotatable bonds is 6. The van der Waals surface area contributed by atoms with Crippen molar-refractivity contribution in [1.82, 2.24) is 14.5 Å². The monoisotopic (exact) mass is 548 g/mol. The zero-order valence-electron chi connectivity index (χ0n) is 22.8. The number of carbonyl (C=O) groups excluding carboxylic acids is 1. The van der Waals surface area contributed by atoms with Crippen LogP contribution in [-0.2, 0) is 6.54 Å². The normalized spacial score (nSPS) is 14.0. The van der Waals surface area contributed by atoms with E-state index in [4.69, 9.17) is 10.4 Å². The van der Waals surface area contributed by atoms with E-state index in [9.17, 15) is 13.6 Å². The molecule has 2 heterocycles. The van der Waals surface area contributed by atoms with Crippen LogP contribution in [0.15, 0.2) is 91.0 Å². The second-order valence-electron chi connectivity index (χ2n) is 10.6. The molecular formula is C34H30F2N4O. The third kappa shape index (κ3) is 5.27. The molecule has 206 valence electrons. The maximum absolute atomic E-state index is 14.2. The summed E-state index contributed by atoms with van der Waals surface area (Å²) in [5, 5.41) is 8.51. The minimum absolute atomic E-state index is 0.0521. The minimum Gasteiger partial charge on any atom is -0.339 e. The highest BCUT2D eigenvalue weighted by Gasteiger charge is 2.28. The third-order valence-electron chi connectivity index (χ3n) is 7.95. The van der Waals surface area contributed by atoms with E-state index in [1.54, 1.807) is 48.5 Å². The highest BCUT2D eigenvalue weighted by atomic mass is 19.1. The number of nitrogens with zero attached hydrogens (tertiary/aromatic N) is 3. The Morgan fingerprint density at radius 3 is 2.41 bits per heavy atom. The smallest absolute Gasteiger partial charge is 0.253 e. The van der Waals surface area contributed by atoms with Crippen molar-refractivity contribution in [2.24, 2.45) is 0 Å². The number of imidazole rings is 1. The number of aryl methyl sites for hydroxylation is 1. The van der Waals surface area contributed by atoms with Crippen molar-refractivity contribution in [3.8, 4) is 0 Å². The van der Waals surface area contributed by atoms with E-state index >= 15 is 0 Å². The van der Waals surface area contributed by atoms with Gasteiger partial charge in [-0.1, -0.05) is 42.5 Å². The molecule has 5 aromatic rings. The van der Waals surface area contributed by atoms with Crippen LogP contribution in [0.25, 0.3) is 11.0 Å². The van der Waals surface area contributed by atoms with Crippen LogP contribution in [-0.4, -0.2) is 39.2 Å². The minimum atomic E-state index is -0.440. The predicted molar refractivity (Wildman–Crippen MR) is 157 cm³/mol. The highest BCUT2D eigenvalue weighted by Crippen LogP contribution is 2.32. The molecule has 0 radical (unpaired) electrons. The van der Waals surface area contributed by atoms with E-state index in [1.807, 2.05) is 42.2 Å². The summed E-state index contributed by atoms with van der Waals surface area (Å²) in [7, 11) is 0. The topological polar surface area (TPSA) is 62.0 Å². The summed E-state index contributed by atoms with van der Waals surface area (Å²) in [6, 6.07) is 26.2. The lowest BCUT2D eigenvalue weighted by molar-refractivity contribution is 0.0710. The average Bonchev–Trinajstić information content (AvgIpc) is 3.35. The number of benzene rings is 4. The van der Waals surface area contributed by atoms with Gasteiger partial charge in [0.1, 0.15) is 17.5 Å². The van der Waals surface area contributed by atoms with Crippen LogP contribution in [0.2, 0.25) is 0 Å². The van der Waals surface area contributed by atoms with Crippen molar-refractivity contribution >= 4 is 22.7 Å². The molecule has 1 N–H and O–H groups in total. The van der Waals surface area contributed by atoms with Gasteiger partial charge in [-0.15, -0.1) is 0 Å². The molecule has 0 aliphatic carbocycles. The summed E-state index contributed by atoms with van der Waals surface area (Å²) in [4.78, 5) is 20.3. The first-order chi connectivity index (χ1) is 19.9. The Morgan fingerprint density at radius 1 is 0.902 bits per heavy atom. The van der Waals surface area contributed by atoms with Gasteiger partial charge in [0.15, 0.2) is 0 Å². The van der Waals surface area contributed by atoms with Gasteiger partial charge >= 0.3 is 0 Å². The highest BCUT2D eigenvalue weighted by molar-refractivity contribution is 6.12.